The summed E-state index contributed by atoms with van der Waals surface area (Å²) in [6, 6.07) is 10.7. The first kappa shape index (κ1) is 19.3. The Balaban J connectivity index is 1.67. The molecule has 146 valence electrons. The third-order valence-electron chi connectivity index (χ3n) is 3.56. The molecule has 0 fully saturated rings. The second kappa shape index (κ2) is 8.94. The van der Waals surface area contributed by atoms with E-state index in [4.69, 9.17) is 14.0 Å². The minimum atomic E-state index is -2.89. The average Bonchev–Trinajstić information content (AvgIpc) is 3.16. The molecular formula is C19H16F2N2O5. The van der Waals surface area contributed by atoms with Crippen LogP contribution in [0.4, 0.5) is 8.78 Å². The van der Waals surface area contributed by atoms with Gasteiger partial charge in [0.25, 0.3) is 5.89 Å². The van der Waals surface area contributed by atoms with Crippen LogP contribution in [0, 0.1) is 0 Å². The summed E-state index contributed by atoms with van der Waals surface area (Å²) in [6.07, 6.45) is 0.716. The van der Waals surface area contributed by atoms with Crippen LogP contribution in [-0.2, 0) is 6.61 Å². The number of nitrogens with zero attached hydrogens (tertiary/aromatic N) is 2. The Morgan fingerprint density at radius 1 is 1.11 bits per heavy atom. The Hall–Kier alpha value is -3.49. The molecule has 3 rings (SSSR count). The Labute approximate surface area is 158 Å². The van der Waals surface area contributed by atoms with Gasteiger partial charge in [-0.05, 0) is 49.4 Å². The lowest BCUT2D eigenvalue weighted by Gasteiger charge is -2.10. The lowest BCUT2D eigenvalue weighted by Crippen LogP contribution is -2.01. The number of ether oxygens (including phenoxy) is 3. The molecule has 9 heteroatoms. The Morgan fingerprint density at radius 3 is 2.57 bits per heavy atom. The first-order valence-corrected chi connectivity index (χ1v) is 8.31. The molecular weight excluding hydrogens is 374 g/mol. The number of hydrogen-bond acceptors (Lipinski definition) is 7. The molecule has 0 aliphatic carbocycles. The molecule has 1 aromatic heterocycles. The molecule has 1 heterocycles. The number of aromatic nitrogens is 2. The van der Waals surface area contributed by atoms with E-state index in [1.807, 2.05) is 6.92 Å². The summed E-state index contributed by atoms with van der Waals surface area (Å²) in [5.74, 6) is 1.39. The predicted molar refractivity (Wildman–Crippen MR) is 93.7 cm³/mol. The van der Waals surface area contributed by atoms with E-state index < -0.39 is 6.61 Å². The maximum Gasteiger partial charge on any atom is 0.387 e. The van der Waals surface area contributed by atoms with E-state index in [0.717, 1.165) is 0 Å². The van der Waals surface area contributed by atoms with Crippen LogP contribution < -0.4 is 14.2 Å². The Morgan fingerprint density at radius 2 is 1.89 bits per heavy atom. The van der Waals surface area contributed by atoms with Crippen LogP contribution in [0.5, 0.6) is 17.2 Å². The molecule has 28 heavy (non-hydrogen) atoms. The number of halogens is 2. The van der Waals surface area contributed by atoms with Gasteiger partial charge in [-0.1, -0.05) is 5.16 Å². The first-order chi connectivity index (χ1) is 13.6. The lowest BCUT2D eigenvalue weighted by atomic mass is 10.2. The van der Waals surface area contributed by atoms with Gasteiger partial charge in [-0.2, -0.15) is 13.8 Å². The summed E-state index contributed by atoms with van der Waals surface area (Å²) >= 11 is 0. The summed E-state index contributed by atoms with van der Waals surface area (Å²) in [4.78, 5) is 15.1. The Kier molecular flexibility index (Phi) is 6.15. The van der Waals surface area contributed by atoms with Gasteiger partial charge in [0.1, 0.15) is 12.0 Å². The molecule has 0 amide bonds. The zero-order valence-electron chi connectivity index (χ0n) is 14.8. The molecule has 0 spiro atoms. The predicted octanol–water partition coefficient (Wildman–Crippen LogP) is 4.13. The van der Waals surface area contributed by atoms with Gasteiger partial charge in [-0.15, -0.1) is 0 Å². The van der Waals surface area contributed by atoms with E-state index in [1.54, 1.807) is 30.3 Å². The SMILES string of the molecule is CCOc1cc(C=O)ccc1OCc1nc(-c2ccc(OC(F)F)cc2)no1. The van der Waals surface area contributed by atoms with E-state index in [1.165, 1.54) is 12.1 Å². The lowest BCUT2D eigenvalue weighted by molar-refractivity contribution is -0.0498. The van der Waals surface area contributed by atoms with Crippen LogP contribution in [0.3, 0.4) is 0 Å². The van der Waals surface area contributed by atoms with Gasteiger partial charge in [0.15, 0.2) is 18.1 Å². The highest BCUT2D eigenvalue weighted by Gasteiger charge is 2.12. The monoisotopic (exact) mass is 390 g/mol. The van der Waals surface area contributed by atoms with Gasteiger partial charge in [-0.25, -0.2) is 0 Å². The highest BCUT2D eigenvalue weighted by Crippen LogP contribution is 2.29. The molecule has 3 aromatic rings. The van der Waals surface area contributed by atoms with Crippen molar-refractivity contribution in [3.05, 3.63) is 53.9 Å². The third-order valence-corrected chi connectivity index (χ3v) is 3.56. The molecule has 0 aliphatic rings. The van der Waals surface area contributed by atoms with Gasteiger partial charge in [0.05, 0.1) is 6.61 Å². The molecule has 0 radical (unpaired) electrons. The number of alkyl halides is 2. The average molecular weight is 390 g/mol. The first-order valence-electron chi connectivity index (χ1n) is 8.31. The van der Waals surface area contributed by atoms with E-state index in [0.29, 0.717) is 35.5 Å². The zero-order chi connectivity index (χ0) is 19.9. The maximum absolute atomic E-state index is 12.2. The standard InChI is InChI=1S/C19H16F2N2O5/c1-2-25-16-9-12(10-24)3-8-15(16)26-11-17-22-18(23-28-17)13-4-6-14(7-5-13)27-19(20)21/h3-10,19H,2,11H2,1H3. The van der Waals surface area contributed by atoms with E-state index in [2.05, 4.69) is 14.9 Å². The topological polar surface area (TPSA) is 83.7 Å². The summed E-state index contributed by atoms with van der Waals surface area (Å²) in [6.45, 7) is -0.671. The van der Waals surface area contributed by atoms with Crippen LogP contribution in [0.2, 0.25) is 0 Å². The van der Waals surface area contributed by atoms with E-state index in [9.17, 15) is 13.6 Å². The Bertz CT molecular complexity index is 928. The molecule has 0 N–H and O–H groups in total. The van der Waals surface area contributed by atoms with Gasteiger partial charge in [0, 0.05) is 11.1 Å². The van der Waals surface area contributed by atoms with Crippen molar-refractivity contribution in [2.45, 2.75) is 20.1 Å². The van der Waals surface area contributed by atoms with Crippen molar-refractivity contribution in [3.8, 4) is 28.6 Å². The van der Waals surface area contributed by atoms with E-state index in [-0.39, 0.29) is 24.1 Å². The maximum atomic E-state index is 12.2. The number of rotatable bonds is 9. The molecule has 0 aliphatic heterocycles. The van der Waals surface area contributed by atoms with Crippen molar-refractivity contribution in [1.29, 1.82) is 0 Å². The smallest absolute Gasteiger partial charge is 0.387 e. The second-order valence-electron chi connectivity index (χ2n) is 5.46. The number of carbonyl (C=O) groups is 1. The van der Waals surface area contributed by atoms with Crippen LogP contribution in [-0.4, -0.2) is 29.6 Å². The molecule has 0 atom stereocenters. The van der Waals surface area contributed by atoms with Crippen molar-refractivity contribution in [2.75, 3.05) is 6.61 Å². The normalized spacial score (nSPS) is 10.7. The third kappa shape index (κ3) is 4.81. The minimum Gasteiger partial charge on any atom is -0.490 e. The highest BCUT2D eigenvalue weighted by atomic mass is 19.3. The molecule has 0 saturated carbocycles. The summed E-state index contributed by atoms with van der Waals surface area (Å²) in [5.41, 5.74) is 1.04. The highest BCUT2D eigenvalue weighted by molar-refractivity contribution is 5.76. The summed E-state index contributed by atoms with van der Waals surface area (Å²) in [7, 11) is 0. The van der Waals surface area contributed by atoms with Crippen LogP contribution in [0.25, 0.3) is 11.4 Å². The molecule has 0 saturated heterocycles. The zero-order valence-corrected chi connectivity index (χ0v) is 14.8. The van der Waals surface area contributed by atoms with Crippen molar-refractivity contribution in [1.82, 2.24) is 10.1 Å². The summed E-state index contributed by atoms with van der Waals surface area (Å²) in [5, 5.41) is 3.84. The van der Waals surface area contributed by atoms with Gasteiger partial charge in [-0.3, -0.25) is 4.79 Å². The second-order valence-corrected chi connectivity index (χ2v) is 5.46. The van der Waals surface area contributed by atoms with Gasteiger partial charge >= 0.3 is 6.61 Å². The quantitative estimate of drug-likeness (QED) is 0.508. The molecule has 2 aromatic carbocycles. The van der Waals surface area contributed by atoms with Gasteiger partial charge in [0.2, 0.25) is 5.82 Å². The van der Waals surface area contributed by atoms with Crippen LogP contribution in [0.15, 0.2) is 47.0 Å². The van der Waals surface area contributed by atoms with Crippen molar-refractivity contribution in [3.63, 3.8) is 0 Å². The molecule has 0 bridgehead atoms. The molecule has 7 nitrogen and oxygen atoms in total. The fourth-order valence-electron chi connectivity index (χ4n) is 2.34. The van der Waals surface area contributed by atoms with Crippen molar-refractivity contribution < 1.29 is 32.3 Å². The fraction of sp³-hybridized carbons (Fsp3) is 0.211. The van der Waals surface area contributed by atoms with E-state index >= 15 is 0 Å². The number of hydrogen-bond donors (Lipinski definition) is 0. The number of benzene rings is 2. The summed E-state index contributed by atoms with van der Waals surface area (Å²) < 4.78 is 44.9. The van der Waals surface area contributed by atoms with Gasteiger partial charge < -0.3 is 18.7 Å². The number of aldehydes is 1. The van der Waals surface area contributed by atoms with Crippen LogP contribution >= 0.6 is 0 Å². The molecule has 0 unspecified atom stereocenters. The van der Waals surface area contributed by atoms with Crippen molar-refractivity contribution >= 4 is 6.29 Å². The van der Waals surface area contributed by atoms with Crippen LogP contribution in [0.1, 0.15) is 23.2 Å². The largest absolute Gasteiger partial charge is 0.490 e. The van der Waals surface area contributed by atoms with Crippen molar-refractivity contribution in [2.24, 2.45) is 0 Å². The number of carbonyl (C=O) groups excluding carboxylic acids is 1. The minimum absolute atomic E-state index is 0.0138. The fourth-order valence-corrected chi connectivity index (χ4v) is 2.34.